The van der Waals surface area contributed by atoms with Gasteiger partial charge >= 0.3 is 0 Å². The summed E-state index contributed by atoms with van der Waals surface area (Å²) in [4.78, 5) is 39.9. The number of nitro benzene ring substituents is 1. The molecule has 1 N–H and O–H groups in total. The Morgan fingerprint density at radius 2 is 1.90 bits per heavy atom. The summed E-state index contributed by atoms with van der Waals surface area (Å²) >= 11 is 0. The van der Waals surface area contributed by atoms with E-state index in [2.05, 4.69) is 17.1 Å². The summed E-state index contributed by atoms with van der Waals surface area (Å²) in [6.07, 6.45) is 3.39. The molecule has 0 spiro atoms. The number of hydrogen-bond acceptors (Lipinski definition) is 5. The van der Waals surface area contributed by atoms with Gasteiger partial charge in [0.15, 0.2) is 0 Å². The second kappa shape index (κ2) is 8.75. The number of nitrogens with zero attached hydrogens (tertiary/aromatic N) is 3. The van der Waals surface area contributed by atoms with E-state index in [9.17, 15) is 19.7 Å². The average Bonchev–Trinajstić information content (AvgIpc) is 3.20. The Balaban J connectivity index is 1.60. The highest BCUT2D eigenvalue weighted by atomic mass is 16.6. The third-order valence-corrected chi connectivity index (χ3v) is 6.05. The van der Waals surface area contributed by atoms with Crippen molar-refractivity contribution in [2.24, 2.45) is 5.92 Å². The lowest BCUT2D eigenvalue weighted by Crippen LogP contribution is -2.34. The van der Waals surface area contributed by atoms with Crippen LogP contribution in [0.1, 0.15) is 43.0 Å². The number of carbonyl (C=O) groups is 2. The smallest absolute Gasteiger partial charge is 0.270 e. The largest absolute Gasteiger partial charge is 0.371 e. The van der Waals surface area contributed by atoms with Crippen molar-refractivity contribution in [1.29, 1.82) is 0 Å². The highest BCUT2D eigenvalue weighted by Gasteiger charge is 2.25. The standard InChI is InChI=1S/C23H26N4O4/c1-16-9-12-25(13-10-16)21-8-7-19(27(30)31)15-20(21)23(29)24-17-4-2-5-18(14-17)26-11-3-6-22(26)28/h2,4-5,7-8,14-16H,3,6,9-13H2,1H3,(H,24,29). The Bertz CT molecular complexity index is 1010. The van der Waals surface area contributed by atoms with Crippen molar-refractivity contribution in [1.82, 2.24) is 0 Å². The first-order chi connectivity index (χ1) is 14.9. The van der Waals surface area contributed by atoms with Crippen molar-refractivity contribution in [3.63, 3.8) is 0 Å². The predicted octanol–water partition coefficient (Wildman–Crippen LogP) is 4.21. The molecule has 8 nitrogen and oxygen atoms in total. The molecule has 0 aromatic heterocycles. The minimum Gasteiger partial charge on any atom is -0.371 e. The number of piperidine rings is 1. The third-order valence-electron chi connectivity index (χ3n) is 6.05. The van der Waals surface area contributed by atoms with Crippen LogP contribution in [0, 0.1) is 16.0 Å². The van der Waals surface area contributed by atoms with Crippen LogP contribution in [0.25, 0.3) is 0 Å². The van der Waals surface area contributed by atoms with Crippen LogP contribution in [0.15, 0.2) is 42.5 Å². The first-order valence-corrected chi connectivity index (χ1v) is 10.7. The molecule has 2 amide bonds. The summed E-state index contributed by atoms with van der Waals surface area (Å²) in [7, 11) is 0. The zero-order valence-electron chi connectivity index (χ0n) is 17.5. The van der Waals surface area contributed by atoms with E-state index >= 15 is 0 Å². The molecule has 0 bridgehead atoms. The van der Waals surface area contributed by atoms with Crippen LogP contribution >= 0.6 is 0 Å². The Labute approximate surface area is 181 Å². The number of carbonyl (C=O) groups excluding carboxylic acids is 2. The van der Waals surface area contributed by atoms with Crippen LogP contribution in [-0.4, -0.2) is 36.4 Å². The van der Waals surface area contributed by atoms with Gasteiger partial charge in [-0.2, -0.15) is 0 Å². The summed E-state index contributed by atoms with van der Waals surface area (Å²) in [5.74, 6) is 0.300. The molecule has 4 rings (SSSR count). The molecule has 31 heavy (non-hydrogen) atoms. The van der Waals surface area contributed by atoms with Crippen molar-refractivity contribution < 1.29 is 14.5 Å². The van der Waals surface area contributed by atoms with Gasteiger partial charge in [-0.25, -0.2) is 0 Å². The first kappa shape index (κ1) is 20.8. The molecule has 2 aromatic carbocycles. The predicted molar refractivity (Wildman–Crippen MR) is 120 cm³/mol. The monoisotopic (exact) mass is 422 g/mol. The number of rotatable bonds is 5. The molecule has 0 saturated carbocycles. The number of hydrogen-bond donors (Lipinski definition) is 1. The molecule has 8 heteroatoms. The van der Waals surface area contributed by atoms with E-state index in [0.717, 1.165) is 38.0 Å². The summed E-state index contributed by atoms with van der Waals surface area (Å²) in [5, 5.41) is 14.2. The Hall–Kier alpha value is -3.42. The second-order valence-electron chi connectivity index (χ2n) is 8.28. The van der Waals surface area contributed by atoms with E-state index in [4.69, 9.17) is 0 Å². The second-order valence-corrected chi connectivity index (χ2v) is 8.28. The van der Waals surface area contributed by atoms with Crippen molar-refractivity contribution in [2.75, 3.05) is 34.8 Å². The van der Waals surface area contributed by atoms with Crippen LogP contribution in [0.3, 0.4) is 0 Å². The van der Waals surface area contributed by atoms with Crippen molar-refractivity contribution in [2.45, 2.75) is 32.6 Å². The fraction of sp³-hybridized carbons (Fsp3) is 0.391. The molecular formula is C23H26N4O4. The minimum absolute atomic E-state index is 0.0729. The summed E-state index contributed by atoms with van der Waals surface area (Å²) in [5.41, 5.74) is 2.17. The quantitative estimate of drug-likeness (QED) is 0.575. The van der Waals surface area contributed by atoms with Crippen molar-refractivity contribution >= 4 is 34.6 Å². The van der Waals surface area contributed by atoms with Crippen LogP contribution in [-0.2, 0) is 4.79 Å². The molecule has 2 aliphatic heterocycles. The van der Waals surface area contributed by atoms with Gasteiger partial charge in [0, 0.05) is 49.6 Å². The maximum atomic E-state index is 13.2. The molecule has 2 aliphatic rings. The molecule has 0 unspecified atom stereocenters. The third kappa shape index (κ3) is 4.52. The van der Waals surface area contributed by atoms with Gasteiger partial charge in [0.05, 0.1) is 16.2 Å². The number of nitro groups is 1. The maximum absolute atomic E-state index is 13.2. The van der Waals surface area contributed by atoms with E-state index in [0.29, 0.717) is 30.3 Å². The normalized spacial score (nSPS) is 17.1. The number of anilines is 3. The molecule has 2 heterocycles. The molecule has 2 saturated heterocycles. The maximum Gasteiger partial charge on any atom is 0.270 e. The van der Waals surface area contributed by atoms with E-state index in [1.807, 2.05) is 6.07 Å². The Kier molecular flexibility index (Phi) is 5.88. The van der Waals surface area contributed by atoms with Gasteiger partial charge in [-0.3, -0.25) is 19.7 Å². The fourth-order valence-electron chi connectivity index (χ4n) is 4.22. The number of non-ortho nitro benzene ring substituents is 1. The lowest BCUT2D eigenvalue weighted by atomic mass is 9.98. The Morgan fingerprint density at radius 3 is 2.58 bits per heavy atom. The van der Waals surface area contributed by atoms with Crippen LogP contribution in [0.4, 0.5) is 22.7 Å². The highest BCUT2D eigenvalue weighted by molar-refractivity contribution is 6.09. The van der Waals surface area contributed by atoms with Crippen molar-refractivity contribution in [3.05, 3.63) is 58.1 Å². The molecule has 2 aromatic rings. The van der Waals surface area contributed by atoms with Crippen molar-refractivity contribution in [3.8, 4) is 0 Å². The van der Waals surface area contributed by atoms with E-state index < -0.39 is 10.8 Å². The molecular weight excluding hydrogens is 396 g/mol. The molecule has 0 radical (unpaired) electrons. The van der Waals surface area contributed by atoms with E-state index in [1.165, 1.54) is 12.1 Å². The number of benzene rings is 2. The summed E-state index contributed by atoms with van der Waals surface area (Å²) in [6, 6.07) is 11.6. The topological polar surface area (TPSA) is 95.8 Å². The SMILES string of the molecule is CC1CCN(c2ccc([N+](=O)[O-])cc2C(=O)Nc2cccc(N3CCCC3=O)c2)CC1. The van der Waals surface area contributed by atoms with E-state index in [-0.39, 0.29) is 17.2 Å². The van der Waals surface area contributed by atoms with Gasteiger partial charge < -0.3 is 15.1 Å². The van der Waals surface area contributed by atoms with Gasteiger partial charge in [0.25, 0.3) is 11.6 Å². The summed E-state index contributed by atoms with van der Waals surface area (Å²) < 4.78 is 0. The average molecular weight is 422 g/mol. The zero-order chi connectivity index (χ0) is 22.0. The van der Waals surface area contributed by atoms with Gasteiger partial charge in [0.1, 0.15) is 0 Å². The van der Waals surface area contributed by atoms with E-state index in [1.54, 1.807) is 29.2 Å². The molecule has 162 valence electrons. The molecule has 0 atom stereocenters. The molecule has 2 fully saturated rings. The first-order valence-electron chi connectivity index (χ1n) is 10.7. The highest BCUT2D eigenvalue weighted by Crippen LogP contribution is 2.31. The fourth-order valence-corrected chi connectivity index (χ4v) is 4.22. The van der Waals surface area contributed by atoms with Crippen LogP contribution in [0.2, 0.25) is 0 Å². The lowest BCUT2D eigenvalue weighted by Gasteiger charge is -2.33. The minimum atomic E-state index is -0.488. The lowest BCUT2D eigenvalue weighted by molar-refractivity contribution is -0.384. The summed E-state index contributed by atoms with van der Waals surface area (Å²) in [6.45, 7) is 4.50. The van der Waals surface area contributed by atoms with Gasteiger partial charge in [-0.05, 0) is 49.4 Å². The van der Waals surface area contributed by atoms with Crippen LogP contribution < -0.4 is 15.1 Å². The zero-order valence-corrected chi connectivity index (χ0v) is 17.5. The number of nitrogens with one attached hydrogen (secondary N) is 1. The Morgan fingerprint density at radius 1 is 1.13 bits per heavy atom. The van der Waals surface area contributed by atoms with Gasteiger partial charge in [0.2, 0.25) is 5.91 Å². The van der Waals surface area contributed by atoms with Crippen LogP contribution in [0.5, 0.6) is 0 Å². The van der Waals surface area contributed by atoms with Gasteiger partial charge in [-0.1, -0.05) is 13.0 Å². The molecule has 0 aliphatic carbocycles. The van der Waals surface area contributed by atoms with Gasteiger partial charge in [-0.15, -0.1) is 0 Å². The number of amides is 2.